The number of para-hydroxylation sites is 1. The lowest BCUT2D eigenvalue weighted by Gasteiger charge is -2.16. The molecular weight excluding hydrogens is 474 g/mol. The number of hydrogen-bond acceptors (Lipinski definition) is 11. The minimum absolute atomic E-state index is 0.101. The van der Waals surface area contributed by atoms with Crippen LogP contribution in [0.2, 0.25) is 0 Å². The van der Waals surface area contributed by atoms with Crippen LogP contribution in [0.15, 0.2) is 76.4 Å². The highest BCUT2D eigenvalue weighted by Gasteiger charge is 2.18. The first-order chi connectivity index (χ1) is 18.2. The molecule has 5 rings (SSSR count). The van der Waals surface area contributed by atoms with E-state index in [1.165, 1.54) is 19.4 Å². The summed E-state index contributed by atoms with van der Waals surface area (Å²) in [5.74, 6) is 1.44. The molecule has 2 N–H and O–H groups in total. The molecule has 1 aliphatic heterocycles. The van der Waals surface area contributed by atoms with Crippen LogP contribution in [0.4, 0.5) is 23.5 Å². The van der Waals surface area contributed by atoms with E-state index < -0.39 is 5.97 Å². The quantitative estimate of drug-likeness (QED) is 0.147. The zero-order valence-corrected chi connectivity index (χ0v) is 20.1. The van der Waals surface area contributed by atoms with Crippen LogP contribution in [0.1, 0.15) is 29.0 Å². The number of nitrogens with zero attached hydrogens (tertiary/aromatic N) is 5. The van der Waals surface area contributed by atoms with Crippen molar-refractivity contribution in [3.63, 3.8) is 0 Å². The van der Waals surface area contributed by atoms with Crippen LogP contribution in [-0.2, 0) is 0 Å². The Kier molecular flexibility index (Phi) is 7.21. The molecule has 1 fully saturated rings. The summed E-state index contributed by atoms with van der Waals surface area (Å²) in [6.45, 7) is 1.79. The van der Waals surface area contributed by atoms with Gasteiger partial charge in [0, 0.05) is 18.8 Å². The number of carbonyl (C=O) groups excluding carboxylic acids is 1. The summed E-state index contributed by atoms with van der Waals surface area (Å²) >= 11 is 0. The van der Waals surface area contributed by atoms with E-state index in [1.807, 2.05) is 30.3 Å². The van der Waals surface area contributed by atoms with Gasteiger partial charge in [-0.25, -0.2) is 10.2 Å². The van der Waals surface area contributed by atoms with Gasteiger partial charge in [0.25, 0.3) is 0 Å². The maximum Gasteiger partial charge on any atom is 0.379 e. The van der Waals surface area contributed by atoms with Gasteiger partial charge < -0.3 is 24.1 Å². The van der Waals surface area contributed by atoms with Gasteiger partial charge in [-0.3, -0.25) is 0 Å². The number of hydrazone groups is 1. The van der Waals surface area contributed by atoms with Crippen LogP contribution >= 0.6 is 0 Å². The molecule has 2 aromatic carbocycles. The van der Waals surface area contributed by atoms with E-state index in [0.717, 1.165) is 31.6 Å². The van der Waals surface area contributed by atoms with Crippen molar-refractivity contribution >= 4 is 35.7 Å². The maximum absolute atomic E-state index is 12.2. The number of esters is 1. The van der Waals surface area contributed by atoms with E-state index in [0.29, 0.717) is 29.2 Å². The molecule has 1 aliphatic rings. The number of carbonyl (C=O) groups is 1. The van der Waals surface area contributed by atoms with Gasteiger partial charge in [-0.15, -0.1) is 0 Å². The van der Waals surface area contributed by atoms with Crippen LogP contribution in [-0.4, -0.2) is 47.3 Å². The average Bonchev–Trinajstić information content (AvgIpc) is 3.65. The van der Waals surface area contributed by atoms with Crippen molar-refractivity contribution in [1.82, 2.24) is 15.0 Å². The molecular formula is C26H25N7O4. The highest BCUT2D eigenvalue weighted by atomic mass is 16.6. The van der Waals surface area contributed by atoms with Crippen LogP contribution < -0.4 is 25.1 Å². The molecule has 0 bridgehead atoms. The number of benzene rings is 2. The number of furan rings is 1. The third-order valence-electron chi connectivity index (χ3n) is 5.53. The highest BCUT2D eigenvalue weighted by Crippen LogP contribution is 2.28. The van der Waals surface area contributed by atoms with Gasteiger partial charge in [0.15, 0.2) is 11.5 Å². The summed E-state index contributed by atoms with van der Waals surface area (Å²) < 4.78 is 15.8. The van der Waals surface area contributed by atoms with Crippen LogP contribution in [0.3, 0.4) is 0 Å². The molecule has 0 unspecified atom stereocenters. The fourth-order valence-electron chi connectivity index (χ4n) is 3.74. The zero-order valence-electron chi connectivity index (χ0n) is 20.1. The molecule has 3 heterocycles. The second-order valence-electron chi connectivity index (χ2n) is 8.11. The lowest BCUT2D eigenvalue weighted by Crippen LogP contribution is -2.21. The fraction of sp³-hybridized carbons (Fsp3) is 0.192. The van der Waals surface area contributed by atoms with Crippen LogP contribution in [0.25, 0.3) is 0 Å². The summed E-state index contributed by atoms with van der Waals surface area (Å²) in [6.07, 6.45) is 5.19. The third-order valence-corrected chi connectivity index (χ3v) is 5.53. The molecule has 37 heavy (non-hydrogen) atoms. The van der Waals surface area contributed by atoms with Gasteiger partial charge in [0.05, 0.1) is 19.6 Å². The topological polar surface area (TPSA) is 127 Å². The van der Waals surface area contributed by atoms with Gasteiger partial charge in [-0.1, -0.05) is 18.2 Å². The first-order valence-corrected chi connectivity index (χ1v) is 11.7. The van der Waals surface area contributed by atoms with Crippen molar-refractivity contribution < 1.29 is 18.7 Å². The number of ether oxygens (including phenoxy) is 2. The Morgan fingerprint density at radius 1 is 1.00 bits per heavy atom. The summed E-state index contributed by atoms with van der Waals surface area (Å²) in [6, 6.07) is 17.9. The number of methoxy groups -OCH3 is 1. The first-order valence-electron chi connectivity index (χ1n) is 11.7. The lowest BCUT2D eigenvalue weighted by atomic mass is 10.2. The van der Waals surface area contributed by atoms with E-state index >= 15 is 0 Å². The number of nitrogens with one attached hydrogen (secondary N) is 2. The summed E-state index contributed by atoms with van der Waals surface area (Å²) in [5.41, 5.74) is 4.47. The predicted molar refractivity (Wildman–Crippen MR) is 139 cm³/mol. The second-order valence-corrected chi connectivity index (χ2v) is 8.11. The Balaban J connectivity index is 1.31. The van der Waals surface area contributed by atoms with E-state index in [2.05, 4.69) is 35.7 Å². The Labute approximate surface area is 213 Å². The standard InChI is InChI=1S/C26H25N7O4/c1-35-22-16-18(11-12-20(22)37-23(34)21-10-7-15-36-21)17-27-32-25-29-24(28-19-8-3-2-4-9-19)30-26(31-25)33-13-5-6-14-33/h2-4,7-12,15-17H,5-6,13-14H2,1H3,(H2,28,29,30,31,32)/b27-17+. The number of rotatable bonds is 9. The molecule has 188 valence electrons. The molecule has 0 atom stereocenters. The zero-order chi connectivity index (χ0) is 25.5. The number of aromatic nitrogens is 3. The van der Waals surface area contributed by atoms with Gasteiger partial charge >= 0.3 is 5.97 Å². The Hall–Kier alpha value is -4.93. The second kappa shape index (κ2) is 11.2. The molecule has 0 saturated carbocycles. The third kappa shape index (κ3) is 6.01. The maximum atomic E-state index is 12.2. The van der Waals surface area contributed by atoms with Crippen molar-refractivity contribution in [2.45, 2.75) is 12.8 Å². The Morgan fingerprint density at radius 3 is 2.57 bits per heavy atom. The molecule has 0 radical (unpaired) electrons. The highest BCUT2D eigenvalue weighted by molar-refractivity contribution is 5.89. The molecule has 1 saturated heterocycles. The largest absolute Gasteiger partial charge is 0.493 e. The van der Waals surface area contributed by atoms with Gasteiger partial charge in [0.2, 0.25) is 23.6 Å². The normalized spacial score (nSPS) is 13.1. The minimum atomic E-state index is -0.616. The van der Waals surface area contributed by atoms with Crippen LogP contribution in [0.5, 0.6) is 11.5 Å². The van der Waals surface area contributed by atoms with Crippen molar-refractivity contribution in [3.8, 4) is 11.5 Å². The smallest absolute Gasteiger partial charge is 0.379 e. The summed E-state index contributed by atoms with van der Waals surface area (Å²) in [4.78, 5) is 27.9. The van der Waals surface area contributed by atoms with Crippen molar-refractivity contribution in [2.24, 2.45) is 5.10 Å². The Bertz CT molecular complexity index is 1370. The van der Waals surface area contributed by atoms with Gasteiger partial charge in [0.1, 0.15) is 0 Å². The van der Waals surface area contributed by atoms with Gasteiger partial charge in [-0.2, -0.15) is 20.1 Å². The van der Waals surface area contributed by atoms with Crippen molar-refractivity contribution in [1.29, 1.82) is 0 Å². The monoisotopic (exact) mass is 499 g/mol. The summed E-state index contributed by atoms with van der Waals surface area (Å²) in [7, 11) is 1.49. The number of anilines is 4. The molecule has 0 amide bonds. The van der Waals surface area contributed by atoms with E-state index in [1.54, 1.807) is 30.5 Å². The van der Waals surface area contributed by atoms with Crippen molar-refractivity contribution in [2.75, 3.05) is 35.8 Å². The molecule has 11 heteroatoms. The minimum Gasteiger partial charge on any atom is -0.493 e. The average molecular weight is 500 g/mol. The predicted octanol–water partition coefficient (Wildman–Crippen LogP) is 4.48. The molecule has 4 aromatic rings. The molecule has 0 aliphatic carbocycles. The van der Waals surface area contributed by atoms with Gasteiger partial charge in [-0.05, 0) is 60.9 Å². The Morgan fingerprint density at radius 2 is 1.81 bits per heavy atom. The van der Waals surface area contributed by atoms with E-state index in [-0.39, 0.29) is 11.5 Å². The lowest BCUT2D eigenvalue weighted by molar-refractivity contribution is 0.0696. The van der Waals surface area contributed by atoms with E-state index in [4.69, 9.17) is 13.9 Å². The first kappa shape index (κ1) is 23.8. The van der Waals surface area contributed by atoms with Crippen molar-refractivity contribution in [3.05, 3.63) is 78.3 Å². The fourth-order valence-corrected chi connectivity index (χ4v) is 3.74. The van der Waals surface area contributed by atoms with Crippen LogP contribution in [0, 0.1) is 0 Å². The molecule has 2 aromatic heterocycles. The number of hydrogen-bond donors (Lipinski definition) is 2. The summed E-state index contributed by atoms with van der Waals surface area (Å²) in [5, 5.41) is 7.50. The molecule has 11 nitrogen and oxygen atoms in total. The van der Waals surface area contributed by atoms with E-state index in [9.17, 15) is 4.79 Å². The SMILES string of the molecule is COc1cc(/C=N/Nc2nc(Nc3ccccc3)nc(N3CCCC3)n2)ccc1OC(=O)c1ccco1. The molecule has 0 spiro atoms.